The maximum absolute atomic E-state index is 11.9. The van der Waals surface area contributed by atoms with Crippen LogP contribution < -0.4 is 10.6 Å². The molecule has 2 N–H and O–H groups in total. The second-order valence-electron chi connectivity index (χ2n) is 6.12. The highest BCUT2D eigenvalue weighted by molar-refractivity contribution is 5.73. The van der Waals surface area contributed by atoms with Crippen molar-refractivity contribution in [3.05, 3.63) is 39.9 Å². The van der Waals surface area contributed by atoms with Crippen LogP contribution in [0.4, 0.5) is 10.5 Å². The van der Waals surface area contributed by atoms with Crippen molar-refractivity contribution in [3.8, 4) is 0 Å². The Morgan fingerprint density at radius 1 is 1.43 bits per heavy atom. The number of carbonyl (C=O) groups is 1. The van der Waals surface area contributed by atoms with E-state index < -0.39 is 4.92 Å². The molecule has 0 aliphatic carbocycles. The third kappa shape index (κ3) is 4.92. The first-order valence-electron chi connectivity index (χ1n) is 7.84. The fraction of sp³-hybridized carbons (Fsp3) is 0.562. The number of nitro benzene ring substituents is 1. The Hall–Kier alpha value is -2.15. The summed E-state index contributed by atoms with van der Waals surface area (Å²) < 4.78 is 5.69. The summed E-state index contributed by atoms with van der Waals surface area (Å²) in [5.41, 5.74) is 0.714. The van der Waals surface area contributed by atoms with Gasteiger partial charge in [0, 0.05) is 37.7 Å². The number of rotatable bonds is 6. The lowest BCUT2D eigenvalue weighted by atomic mass is 9.93. The van der Waals surface area contributed by atoms with E-state index in [0.29, 0.717) is 23.9 Å². The van der Waals surface area contributed by atoms with Crippen molar-refractivity contribution < 1.29 is 14.5 Å². The molecule has 126 valence electrons. The van der Waals surface area contributed by atoms with E-state index in [9.17, 15) is 14.9 Å². The summed E-state index contributed by atoms with van der Waals surface area (Å²) in [5, 5.41) is 16.3. The number of non-ortho nitro benzene ring substituents is 1. The molecule has 2 rings (SSSR count). The fourth-order valence-corrected chi connectivity index (χ4v) is 2.86. The van der Waals surface area contributed by atoms with Gasteiger partial charge in [-0.25, -0.2) is 4.79 Å². The molecule has 0 spiro atoms. The molecule has 1 aliphatic heterocycles. The van der Waals surface area contributed by atoms with Crippen molar-refractivity contribution in [1.29, 1.82) is 0 Å². The van der Waals surface area contributed by atoms with Gasteiger partial charge in [0.1, 0.15) is 0 Å². The Balaban J connectivity index is 1.77. The number of amides is 2. The van der Waals surface area contributed by atoms with E-state index in [0.717, 1.165) is 13.0 Å². The molecule has 1 fully saturated rings. The number of hydrogen-bond acceptors (Lipinski definition) is 4. The average Bonchev–Trinajstić information content (AvgIpc) is 3.00. The van der Waals surface area contributed by atoms with Gasteiger partial charge in [0.2, 0.25) is 0 Å². The van der Waals surface area contributed by atoms with Crippen LogP contribution >= 0.6 is 0 Å². The summed E-state index contributed by atoms with van der Waals surface area (Å²) in [7, 11) is 0. The molecule has 0 bridgehead atoms. The van der Waals surface area contributed by atoms with Crippen LogP contribution in [0.15, 0.2) is 24.3 Å². The van der Waals surface area contributed by atoms with Gasteiger partial charge >= 0.3 is 6.03 Å². The Morgan fingerprint density at radius 2 is 2.22 bits per heavy atom. The molecular formula is C16H23N3O4. The van der Waals surface area contributed by atoms with Crippen molar-refractivity contribution >= 4 is 11.7 Å². The van der Waals surface area contributed by atoms with Gasteiger partial charge in [-0.05, 0) is 17.9 Å². The Kier molecular flexibility index (Phi) is 5.92. The summed E-state index contributed by atoms with van der Waals surface area (Å²) >= 11 is 0. The van der Waals surface area contributed by atoms with E-state index in [-0.39, 0.29) is 24.4 Å². The quantitative estimate of drug-likeness (QED) is 0.621. The molecule has 1 aromatic rings. The van der Waals surface area contributed by atoms with Gasteiger partial charge in [-0.3, -0.25) is 10.1 Å². The lowest BCUT2D eigenvalue weighted by Crippen LogP contribution is -2.40. The topological polar surface area (TPSA) is 93.5 Å². The van der Waals surface area contributed by atoms with E-state index in [2.05, 4.69) is 24.5 Å². The van der Waals surface area contributed by atoms with Crippen LogP contribution in [-0.4, -0.2) is 30.2 Å². The van der Waals surface area contributed by atoms with Crippen LogP contribution in [-0.2, 0) is 11.3 Å². The number of urea groups is 1. The number of nitro groups is 1. The first-order chi connectivity index (χ1) is 11.0. The minimum absolute atomic E-state index is 0.0209. The van der Waals surface area contributed by atoms with Crippen molar-refractivity contribution in [2.24, 2.45) is 11.8 Å². The van der Waals surface area contributed by atoms with Gasteiger partial charge in [0.25, 0.3) is 5.69 Å². The van der Waals surface area contributed by atoms with Crippen molar-refractivity contribution in [2.45, 2.75) is 32.9 Å². The molecule has 1 aliphatic rings. The highest BCUT2D eigenvalue weighted by atomic mass is 16.6. The third-order valence-electron chi connectivity index (χ3n) is 4.02. The number of carbonyl (C=O) groups excluding carboxylic acids is 1. The molecule has 1 heterocycles. The maximum atomic E-state index is 11.9. The number of ether oxygens (including phenoxy) is 1. The molecular weight excluding hydrogens is 298 g/mol. The molecule has 2 amide bonds. The smallest absolute Gasteiger partial charge is 0.315 e. The van der Waals surface area contributed by atoms with Crippen LogP contribution in [0.5, 0.6) is 0 Å². The van der Waals surface area contributed by atoms with E-state index >= 15 is 0 Å². The molecule has 0 radical (unpaired) electrons. The van der Waals surface area contributed by atoms with Crippen LogP contribution in [0.25, 0.3) is 0 Å². The molecule has 2 atom stereocenters. The van der Waals surface area contributed by atoms with Gasteiger partial charge in [0.05, 0.1) is 11.0 Å². The van der Waals surface area contributed by atoms with Crippen LogP contribution in [0.1, 0.15) is 25.8 Å². The molecule has 0 unspecified atom stereocenters. The normalized spacial score (nSPS) is 20.5. The van der Waals surface area contributed by atoms with Crippen molar-refractivity contribution in [3.63, 3.8) is 0 Å². The average molecular weight is 321 g/mol. The second kappa shape index (κ2) is 7.92. The molecule has 7 nitrogen and oxygen atoms in total. The summed E-state index contributed by atoms with van der Waals surface area (Å²) in [4.78, 5) is 22.1. The molecule has 0 aromatic heterocycles. The molecule has 7 heteroatoms. The first-order valence-corrected chi connectivity index (χ1v) is 7.84. The zero-order chi connectivity index (χ0) is 16.8. The summed E-state index contributed by atoms with van der Waals surface area (Å²) in [6, 6.07) is 5.96. The Labute approximate surface area is 135 Å². The van der Waals surface area contributed by atoms with E-state index in [1.807, 2.05) is 0 Å². The highest BCUT2D eigenvalue weighted by Gasteiger charge is 2.30. The zero-order valence-electron chi connectivity index (χ0n) is 13.5. The van der Waals surface area contributed by atoms with Crippen LogP contribution in [0.3, 0.4) is 0 Å². The Morgan fingerprint density at radius 3 is 2.91 bits per heavy atom. The lowest BCUT2D eigenvalue weighted by Gasteiger charge is -2.22. The first kappa shape index (κ1) is 17.2. The third-order valence-corrected chi connectivity index (χ3v) is 4.02. The van der Waals surface area contributed by atoms with Crippen LogP contribution in [0.2, 0.25) is 0 Å². The number of nitrogens with one attached hydrogen (secondary N) is 2. The van der Waals surface area contributed by atoms with E-state index in [4.69, 9.17) is 4.74 Å². The predicted molar refractivity (Wildman–Crippen MR) is 86.0 cm³/mol. The van der Waals surface area contributed by atoms with Crippen LogP contribution in [0, 0.1) is 22.0 Å². The molecule has 23 heavy (non-hydrogen) atoms. The summed E-state index contributed by atoms with van der Waals surface area (Å²) in [6.45, 7) is 5.80. The number of hydrogen-bond donors (Lipinski definition) is 2. The van der Waals surface area contributed by atoms with E-state index in [1.165, 1.54) is 12.1 Å². The second-order valence-corrected chi connectivity index (χ2v) is 6.12. The minimum Gasteiger partial charge on any atom is -0.378 e. The molecule has 0 saturated carbocycles. The number of nitrogens with zero attached hydrogens (tertiary/aromatic N) is 1. The monoisotopic (exact) mass is 321 g/mol. The standard InChI is InChI=1S/C16H23N3O4/c1-11(2)15-13(6-7-23-15)10-18-16(20)17-9-12-4-3-5-14(8-12)19(21)22/h3-5,8,11,13,15H,6-7,9-10H2,1-2H3,(H2,17,18,20)/t13-,15+/m0/s1. The molecule has 1 saturated heterocycles. The van der Waals surface area contributed by atoms with Gasteiger partial charge in [-0.2, -0.15) is 0 Å². The summed E-state index contributed by atoms with van der Waals surface area (Å²) in [6.07, 6.45) is 1.14. The van der Waals surface area contributed by atoms with Gasteiger partial charge in [0.15, 0.2) is 0 Å². The van der Waals surface area contributed by atoms with Gasteiger partial charge < -0.3 is 15.4 Å². The van der Waals surface area contributed by atoms with E-state index in [1.54, 1.807) is 12.1 Å². The lowest BCUT2D eigenvalue weighted by molar-refractivity contribution is -0.384. The van der Waals surface area contributed by atoms with Crippen molar-refractivity contribution in [2.75, 3.05) is 13.2 Å². The van der Waals surface area contributed by atoms with Crippen molar-refractivity contribution in [1.82, 2.24) is 10.6 Å². The molecule has 1 aromatic carbocycles. The largest absolute Gasteiger partial charge is 0.378 e. The predicted octanol–water partition coefficient (Wildman–Crippen LogP) is 2.46. The maximum Gasteiger partial charge on any atom is 0.315 e. The zero-order valence-corrected chi connectivity index (χ0v) is 13.5. The number of benzene rings is 1. The Bertz CT molecular complexity index is 562. The fourth-order valence-electron chi connectivity index (χ4n) is 2.86. The SMILES string of the molecule is CC(C)[C@H]1OCC[C@H]1CNC(=O)NCc1cccc([N+](=O)[O-])c1. The minimum atomic E-state index is -0.449. The highest BCUT2D eigenvalue weighted by Crippen LogP contribution is 2.26. The van der Waals surface area contributed by atoms with Gasteiger partial charge in [-0.1, -0.05) is 26.0 Å². The van der Waals surface area contributed by atoms with Gasteiger partial charge in [-0.15, -0.1) is 0 Å². The summed E-state index contributed by atoms with van der Waals surface area (Å²) in [5.74, 6) is 0.760.